The van der Waals surface area contributed by atoms with Crippen molar-refractivity contribution < 1.29 is 14.3 Å². The van der Waals surface area contributed by atoms with Crippen molar-refractivity contribution in [2.45, 2.75) is 18.9 Å². The number of amides is 1. The number of rotatable bonds is 5. The van der Waals surface area contributed by atoms with Crippen molar-refractivity contribution in [1.29, 1.82) is 0 Å². The van der Waals surface area contributed by atoms with Gasteiger partial charge in [0.05, 0.1) is 12.8 Å². The van der Waals surface area contributed by atoms with Crippen LogP contribution in [0.4, 0.5) is 0 Å². The molecule has 122 valence electrons. The predicted molar refractivity (Wildman–Crippen MR) is 82.4 cm³/mol. The lowest BCUT2D eigenvalue weighted by atomic mass is 10.2. The van der Waals surface area contributed by atoms with Crippen LogP contribution < -0.4 is 0 Å². The second-order valence-corrected chi connectivity index (χ2v) is 6.20. The molecule has 2 saturated heterocycles. The normalized spacial score (nSPS) is 22.1. The van der Waals surface area contributed by atoms with Gasteiger partial charge in [-0.1, -0.05) is 0 Å². The number of carbonyl (C=O) groups is 1. The molecule has 0 aliphatic carbocycles. The molecule has 6 nitrogen and oxygen atoms in total. The summed E-state index contributed by atoms with van der Waals surface area (Å²) in [5, 5.41) is 10.1. The monoisotopic (exact) mass is 307 g/mol. The summed E-state index contributed by atoms with van der Waals surface area (Å²) in [5.74, 6) is 0.883. The van der Waals surface area contributed by atoms with Crippen molar-refractivity contribution in [1.82, 2.24) is 14.7 Å². The van der Waals surface area contributed by atoms with Crippen molar-refractivity contribution >= 4 is 5.91 Å². The number of furan rings is 1. The van der Waals surface area contributed by atoms with Gasteiger partial charge in [0.15, 0.2) is 0 Å². The Bertz CT molecular complexity index is 463. The van der Waals surface area contributed by atoms with Crippen LogP contribution in [0.25, 0.3) is 0 Å². The van der Waals surface area contributed by atoms with E-state index in [2.05, 4.69) is 9.80 Å². The highest BCUT2D eigenvalue weighted by Gasteiger charge is 2.24. The van der Waals surface area contributed by atoms with E-state index < -0.39 is 6.10 Å². The zero-order valence-electron chi connectivity index (χ0n) is 13.0. The van der Waals surface area contributed by atoms with E-state index in [0.29, 0.717) is 18.8 Å². The van der Waals surface area contributed by atoms with Crippen LogP contribution in [0.5, 0.6) is 0 Å². The number of carbonyl (C=O) groups excluding carboxylic acids is 1. The largest absolute Gasteiger partial charge is 0.467 e. The number of hydrogen-bond acceptors (Lipinski definition) is 5. The van der Waals surface area contributed by atoms with E-state index in [1.54, 1.807) is 18.4 Å². The lowest BCUT2D eigenvalue weighted by Crippen LogP contribution is -2.50. The fourth-order valence-corrected chi connectivity index (χ4v) is 3.20. The molecule has 2 aliphatic rings. The number of hydrogen-bond donors (Lipinski definition) is 1. The SMILES string of the molecule is O=C(CN1CCN(C[C@@H](O)c2ccco2)CC1)N1CCCC1. The molecular weight excluding hydrogens is 282 g/mol. The van der Waals surface area contributed by atoms with E-state index >= 15 is 0 Å². The van der Waals surface area contributed by atoms with Crippen molar-refractivity contribution in [3.8, 4) is 0 Å². The zero-order chi connectivity index (χ0) is 15.4. The van der Waals surface area contributed by atoms with E-state index in [1.807, 2.05) is 4.90 Å². The second kappa shape index (κ2) is 7.26. The molecule has 0 radical (unpaired) electrons. The summed E-state index contributed by atoms with van der Waals surface area (Å²) in [5.41, 5.74) is 0. The first-order valence-corrected chi connectivity index (χ1v) is 8.16. The first-order valence-electron chi connectivity index (χ1n) is 8.16. The molecule has 1 amide bonds. The van der Waals surface area contributed by atoms with Gasteiger partial charge in [0, 0.05) is 45.8 Å². The molecule has 1 N–H and O–H groups in total. The molecule has 2 aliphatic heterocycles. The third-order valence-corrected chi connectivity index (χ3v) is 4.59. The molecule has 1 aromatic heterocycles. The van der Waals surface area contributed by atoms with Gasteiger partial charge >= 0.3 is 0 Å². The van der Waals surface area contributed by atoms with Gasteiger partial charge in [0.2, 0.25) is 5.91 Å². The van der Waals surface area contributed by atoms with E-state index in [4.69, 9.17) is 4.42 Å². The molecule has 2 fully saturated rings. The zero-order valence-corrected chi connectivity index (χ0v) is 13.0. The van der Waals surface area contributed by atoms with Crippen molar-refractivity contribution in [2.75, 3.05) is 52.4 Å². The summed E-state index contributed by atoms with van der Waals surface area (Å²) < 4.78 is 5.23. The Balaban J connectivity index is 1.39. The molecule has 0 aromatic carbocycles. The quantitative estimate of drug-likeness (QED) is 0.861. The third kappa shape index (κ3) is 3.88. The van der Waals surface area contributed by atoms with Crippen LogP contribution in [-0.4, -0.2) is 78.1 Å². The standard InChI is InChI=1S/C16H25N3O3/c20-14(15-4-3-11-22-15)12-17-7-9-18(10-8-17)13-16(21)19-5-1-2-6-19/h3-4,11,14,20H,1-2,5-10,12-13H2/t14-/m1/s1. The molecule has 6 heteroatoms. The van der Waals surface area contributed by atoms with Gasteiger partial charge < -0.3 is 14.4 Å². The number of nitrogens with zero attached hydrogens (tertiary/aromatic N) is 3. The maximum Gasteiger partial charge on any atom is 0.236 e. The first kappa shape index (κ1) is 15.5. The molecule has 1 atom stereocenters. The third-order valence-electron chi connectivity index (χ3n) is 4.59. The number of likely N-dealkylation sites (tertiary alicyclic amines) is 1. The van der Waals surface area contributed by atoms with E-state index in [1.165, 1.54) is 0 Å². The maximum atomic E-state index is 12.1. The maximum absolute atomic E-state index is 12.1. The lowest BCUT2D eigenvalue weighted by Gasteiger charge is -2.35. The summed E-state index contributed by atoms with van der Waals surface area (Å²) in [6, 6.07) is 3.59. The van der Waals surface area contributed by atoms with E-state index in [9.17, 15) is 9.90 Å². The highest BCUT2D eigenvalue weighted by atomic mass is 16.4. The van der Waals surface area contributed by atoms with E-state index in [-0.39, 0.29) is 5.91 Å². The van der Waals surface area contributed by atoms with Crippen LogP contribution in [0, 0.1) is 0 Å². The van der Waals surface area contributed by atoms with Crippen LogP contribution in [0.3, 0.4) is 0 Å². The van der Waals surface area contributed by atoms with Crippen LogP contribution in [0.2, 0.25) is 0 Å². The summed E-state index contributed by atoms with van der Waals surface area (Å²) >= 11 is 0. The smallest absolute Gasteiger partial charge is 0.236 e. The molecular formula is C16H25N3O3. The summed E-state index contributed by atoms with van der Waals surface area (Å²) in [4.78, 5) is 18.6. The summed E-state index contributed by atoms with van der Waals surface area (Å²) in [6.07, 6.45) is 3.29. The fourth-order valence-electron chi connectivity index (χ4n) is 3.20. The average Bonchev–Trinajstić information content (AvgIpc) is 3.23. The molecule has 3 heterocycles. The lowest BCUT2D eigenvalue weighted by molar-refractivity contribution is -0.131. The molecule has 0 saturated carbocycles. The number of piperazine rings is 1. The molecule has 22 heavy (non-hydrogen) atoms. The number of β-amino-alcohol motifs (C(OH)–C–C–N with tert-alkyl or cyclic N) is 1. The highest BCUT2D eigenvalue weighted by molar-refractivity contribution is 5.78. The van der Waals surface area contributed by atoms with Crippen molar-refractivity contribution in [3.63, 3.8) is 0 Å². The number of aliphatic hydroxyl groups is 1. The Hall–Kier alpha value is -1.37. The minimum absolute atomic E-state index is 0.265. The van der Waals surface area contributed by atoms with Gasteiger partial charge in [-0.05, 0) is 25.0 Å². The van der Waals surface area contributed by atoms with Crippen molar-refractivity contribution in [3.05, 3.63) is 24.2 Å². The Morgan fingerprint density at radius 2 is 1.82 bits per heavy atom. The predicted octanol–water partition coefficient (Wildman–Crippen LogP) is 0.553. The summed E-state index contributed by atoms with van der Waals surface area (Å²) in [6.45, 7) is 6.49. The Labute approximate surface area is 131 Å². The van der Waals surface area contributed by atoms with Crippen LogP contribution in [-0.2, 0) is 4.79 Å². The molecule has 0 unspecified atom stereocenters. The second-order valence-electron chi connectivity index (χ2n) is 6.20. The van der Waals surface area contributed by atoms with Gasteiger partial charge in [-0.25, -0.2) is 0 Å². The summed E-state index contributed by atoms with van der Waals surface area (Å²) in [7, 11) is 0. The first-order chi connectivity index (χ1) is 10.7. The topological polar surface area (TPSA) is 60.2 Å². The Morgan fingerprint density at radius 3 is 2.45 bits per heavy atom. The van der Waals surface area contributed by atoms with Crippen LogP contribution >= 0.6 is 0 Å². The molecule has 0 bridgehead atoms. The highest BCUT2D eigenvalue weighted by Crippen LogP contribution is 2.16. The minimum atomic E-state index is -0.576. The fraction of sp³-hybridized carbons (Fsp3) is 0.688. The van der Waals surface area contributed by atoms with Gasteiger partial charge in [-0.15, -0.1) is 0 Å². The number of aliphatic hydroxyl groups excluding tert-OH is 1. The molecule has 0 spiro atoms. The molecule has 1 aromatic rings. The average molecular weight is 307 g/mol. The van der Waals surface area contributed by atoms with Gasteiger partial charge in [-0.3, -0.25) is 14.6 Å². The van der Waals surface area contributed by atoms with Crippen LogP contribution in [0.15, 0.2) is 22.8 Å². The van der Waals surface area contributed by atoms with Gasteiger partial charge in [-0.2, -0.15) is 0 Å². The van der Waals surface area contributed by atoms with Crippen LogP contribution in [0.1, 0.15) is 24.7 Å². The Kier molecular flexibility index (Phi) is 5.12. The molecule has 3 rings (SSSR count). The minimum Gasteiger partial charge on any atom is -0.467 e. The Morgan fingerprint density at radius 1 is 1.14 bits per heavy atom. The van der Waals surface area contributed by atoms with Crippen molar-refractivity contribution in [2.24, 2.45) is 0 Å². The van der Waals surface area contributed by atoms with Gasteiger partial charge in [0.25, 0.3) is 0 Å². The van der Waals surface area contributed by atoms with E-state index in [0.717, 1.165) is 52.1 Å². The van der Waals surface area contributed by atoms with Gasteiger partial charge in [0.1, 0.15) is 11.9 Å².